The Balaban J connectivity index is 1.61. The van der Waals surface area contributed by atoms with Crippen LogP contribution in [0.5, 0.6) is 0 Å². The Bertz CT molecular complexity index is 800. The van der Waals surface area contributed by atoms with Crippen LogP contribution in [0.2, 0.25) is 10.0 Å². The second-order valence-electron chi connectivity index (χ2n) is 6.83. The lowest BCUT2D eigenvalue weighted by Gasteiger charge is -2.44. The third-order valence-electron chi connectivity index (χ3n) is 5.11. The molecule has 0 bridgehead atoms. The lowest BCUT2D eigenvalue weighted by Crippen LogP contribution is -2.55. The number of ether oxygens (including phenoxy) is 1. The molecule has 7 nitrogen and oxygen atoms in total. The number of thioether (sulfide) groups is 1. The maximum atomic E-state index is 13.1. The number of esters is 1. The molecule has 0 aromatic heterocycles. The fraction of sp³-hybridized carbons (Fsp3) is 0.526. The number of benzene rings is 1. The number of amides is 3. The summed E-state index contributed by atoms with van der Waals surface area (Å²) in [7, 11) is 0. The van der Waals surface area contributed by atoms with Crippen molar-refractivity contribution < 1.29 is 19.1 Å². The molecule has 2 aliphatic heterocycles. The van der Waals surface area contributed by atoms with Crippen molar-refractivity contribution in [2.45, 2.75) is 24.6 Å². The first-order valence-electron chi connectivity index (χ1n) is 9.45. The van der Waals surface area contributed by atoms with Crippen LogP contribution in [-0.4, -0.2) is 71.1 Å². The smallest absolute Gasteiger partial charge is 0.325 e. The van der Waals surface area contributed by atoms with Crippen LogP contribution in [0.25, 0.3) is 0 Å². The third kappa shape index (κ3) is 4.92. The summed E-state index contributed by atoms with van der Waals surface area (Å²) in [5.41, 5.74) is 0.510. The van der Waals surface area contributed by atoms with Gasteiger partial charge in [-0.1, -0.05) is 23.2 Å². The van der Waals surface area contributed by atoms with E-state index in [0.717, 1.165) is 5.75 Å². The molecule has 1 aromatic rings. The first kappa shape index (κ1) is 22.1. The predicted molar refractivity (Wildman–Crippen MR) is 114 cm³/mol. The summed E-state index contributed by atoms with van der Waals surface area (Å²) in [6.07, 6.45) is 1.33. The van der Waals surface area contributed by atoms with Crippen molar-refractivity contribution in [3.63, 3.8) is 0 Å². The summed E-state index contributed by atoms with van der Waals surface area (Å²) in [4.78, 5) is 40.1. The highest BCUT2D eigenvalue weighted by Gasteiger charge is 2.47. The largest absolute Gasteiger partial charge is 0.465 e. The van der Waals surface area contributed by atoms with E-state index in [1.54, 1.807) is 41.8 Å². The minimum atomic E-state index is -0.459. The van der Waals surface area contributed by atoms with Crippen molar-refractivity contribution in [2.75, 3.05) is 38.5 Å². The van der Waals surface area contributed by atoms with E-state index in [4.69, 9.17) is 27.9 Å². The molecule has 1 spiro atoms. The molecule has 2 fully saturated rings. The first-order chi connectivity index (χ1) is 13.9. The lowest BCUT2D eigenvalue weighted by atomic mass is 10.0. The highest BCUT2D eigenvalue weighted by atomic mass is 35.5. The third-order valence-corrected chi connectivity index (χ3v) is 7.40. The van der Waals surface area contributed by atoms with E-state index in [1.165, 1.54) is 0 Å². The van der Waals surface area contributed by atoms with Gasteiger partial charge in [-0.15, -0.1) is 11.8 Å². The Kier molecular flexibility index (Phi) is 7.19. The van der Waals surface area contributed by atoms with Crippen LogP contribution in [0, 0.1) is 0 Å². The molecule has 0 radical (unpaired) electrons. The molecule has 158 valence electrons. The molecule has 10 heteroatoms. The molecule has 1 N–H and O–H groups in total. The van der Waals surface area contributed by atoms with E-state index < -0.39 is 5.97 Å². The van der Waals surface area contributed by atoms with Gasteiger partial charge in [0.05, 0.1) is 21.5 Å². The van der Waals surface area contributed by atoms with Gasteiger partial charge >= 0.3 is 12.0 Å². The lowest BCUT2D eigenvalue weighted by molar-refractivity contribution is -0.141. The Morgan fingerprint density at radius 2 is 1.90 bits per heavy atom. The minimum Gasteiger partial charge on any atom is -0.465 e. The van der Waals surface area contributed by atoms with E-state index in [9.17, 15) is 14.4 Å². The summed E-state index contributed by atoms with van der Waals surface area (Å²) in [6.45, 7) is 3.51. The van der Waals surface area contributed by atoms with Gasteiger partial charge in [-0.25, -0.2) is 4.79 Å². The Morgan fingerprint density at radius 1 is 1.17 bits per heavy atom. The molecule has 0 saturated carbocycles. The standard InChI is InChI=1S/C19H23Cl2N3O4S/c1-2-28-16(25)12-22-18(27)23-7-5-19(6-8-23)24(9-10-29-19)17(26)13-3-4-14(20)15(21)11-13/h3-4,11H,2,5-10,12H2,1H3,(H,22,27). The highest BCUT2D eigenvalue weighted by Crippen LogP contribution is 2.44. The van der Waals surface area contributed by atoms with Crippen molar-refractivity contribution in [3.05, 3.63) is 33.8 Å². The van der Waals surface area contributed by atoms with Crippen LogP contribution in [0.1, 0.15) is 30.1 Å². The number of rotatable bonds is 4. The Labute approximate surface area is 184 Å². The molecule has 3 amide bonds. The molecule has 1 aromatic carbocycles. The average Bonchev–Trinajstić information content (AvgIpc) is 3.11. The van der Waals surface area contributed by atoms with Gasteiger partial charge in [-0.3, -0.25) is 9.59 Å². The number of hydrogen-bond acceptors (Lipinski definition) is 5. The topological polar surface area (TPSA) is 79.0 Å². The Hall–Kier alpha value is -1.64. The second-order valence-corrected chi connectivity index (χ2v) is 9.10. The Morgan fingerprint density at radius 3 is 2.55 bits per heavy atom. The number of carbonyl (C=O) groups excluding carboxylic acids is 3. The second kappa shape index (κ2) is 9.45. The van der Waals surface area contributed by atoms with Gasteiger partial charge in [0.15, 0.2) is 0 Å². The van der Waals surface area contributed by atoms with Gasteiger partial charge in [-0.05, 0) is 38.0 Å². The zero-order valence-electron chi connectivity index (χ0n) is 16.1. The molecule has 0 atom stereocenters. The molecule has 0 unspecified atom stereocenters. The number of urea groups is 1. The van der Waals surface area contributed by atoms with Crippen molar-refractivity contribution in [3.8, 4) is 0 Å². The minimum absolute atomic E-state index is 0.0752. The monoisotopic (exact) mass is 459 g/mol. The van der Waals surface area contributed by atoms with Gasteiger partial charge in [0.25, 0.3) is 5.91 Å². The fourth-order valence-electron chi connectivity index (χ4n) is 3.63. The molecule has 2 heterocycles. The molecule has 3 rings (SSSR count). The van der Waals surface area contributed by atoms with Crippen LogP contribution in [0.15, 0.2) is 18.2 Å². The number of piperidine rings is 1. The van der Waals surface area contributed by atoms with Crippen molar-refractivity contribution in [2.24, 2.45) is 0 Å². The summed E-state index contributed by atoms with van der Waals surface area (Å²) < 4.78 is 4.82. The van der Waals surface area contributed by atoms with Crippen LogP contribution in [0.4, 0.5) is 4.79 Å². The van der Waals surface area contributed by atoms with Gasteiger partial charge in [0.1, 0.15) is 6.54 Å². The highest BCUT2D eigenvalue weighted by molar-refractivity contribution is 8.00. The molecule has 29 heavy (non-hydrogen) atoms. The summed E-state index contributed by atoms with van der Waals surface area (Å²) >= 11 is 13.8. The average molecular weight is 460 g/mol. The molecular formula is C19H23Cl2N3O4S. The number of hydrogen-bond donors (Lipinski definition) is 1. The van der Waals surface area contributed by atoms with Crippen LogP contribution >= 0.6 is 35.0 Å². The number of nitrogens with zero attached hydrogens (tertiary/aromatic N) is 2. The quantitative estimate of drug-likeness (QED) is 0.698. The SMILES string of the molecule is CCOC(=O)CNC(=O)N1CCC2(CC1)SCCN2C(=O)c1ccc(Cl)c(Cl)c1. The zero-order chi connectivity index (χ0) is 21.0. The van der Waals surface area contributed by atoms with E-state index in [2.05, 4.69) is 5.32 Å². The summed E-state index contributed by atoms with van der Waals surface area (Å²) in [5.74, 6) is 0.315. The maximum Gasteiger partial charge on any atom is 0.325 e. The number of carbonyl (C=O) groups is 3. The molecule has 2 aliphatic rings. The van der Waals surface area contributed by atoms with Crippen molar-refractivity contribution >= 4 is 52.9 Å². The van der Waals surface area contributed by atoms with Gasteiger partial charge in [0.2, 0.25) is 0 Å². The number of nitrogens with one attached hydrogen (secondary N) is 1. The van der Waals surface area contributed by atoms with Crippen LogP contribution in [-0.2, 0) is 9.53 Å². The summed E-state index contributed by atoms with van der Waals surface area (Å²) in [5, 5.41) is 3.35. The zero-order valence-corrected chi connectivity index (χ0v) is 18.4. The van der Waals surface area contributed by atoms with Gasteiger partial charge in [-0.2, -0.15) is 0 Å². The van der Waals surface area contributed by atoms with Gasteiger partial charge in [0, 0.05) is 31.0 Å². The predicted octanol–water partition coefficient (Wildman–Crippen LogP) is 3.25. The summed E-state index contributed by atoms with van der Waals surface area (Å²) in [6, 6.07) is 4.62. The van der Waals surface area contributed by atoms with Crippen LogP contribution < -0.4 is 5.32 Å². The van der Waals surface area contributed by atoms with Crippen molar-refractivity contribution in [1.82, 2.24) is 15.1 Å². The molecule has 0 aliphatic carbocycles. The normalized spacial score (nSPS) is 18.0. The van der Waals surface area contributed by atoms with Crippen molar-refractivity contribution in [1.29, 1.82) is 0 Å². The van der Waals surface area contributed by atoms with Crippen LogP contribution in [0.3, 0.4) is 0 Å². The molecule has 2 saturated heterocycles. The number of halogens is 2. The maximum absolute atomic E-state index is 13.1. The van der Waals surface area contributed by atoms with E-state index in [-0.39, 0.29) is 30.0 Å². The first-order valence-corrected chi connectivity index (χ1v) is 11.2. The molecular weight excluding hydrogens is 437 g/mol. The van der Waals surface area contributed by atoms with E-state index in [1.807, 2.05) is 4.90 Å². The van der Waals surface area contributed by atoms with Gasteiger partial charge < -0.3 is 19.9 Å². The fourth-order valence-corrected chi connectivity index (χ4v) is 5.38. The van der Waals surface area contributed by atoms with E-state index >= 15 is 0 Å². The van der Waals surface area contributed by atoms with E-state index in [0.29, 0.717) is 48.1 Å². The number of likely N-dealkylation sites (tertiary alicyclic amines) is 1.